The maximum atomic E-state index is 13.0. The Morgan fingerprint density at radius 2 is 1.60 bits per heavy atom. The van der Waals surface area contributed by atoms with E-state index in [-0.39, 0.29) is 0 Å². The van der Waals surface area contributed by atoms with Crippen molar-refractivity contribution < 1.29 is 8.42 Å². The molecule has 0 bridgehead atoms. The van der Waals surface area contributed by atoms with Gasteiger partial charge in [0.15, 0.2) is 0 Å². The molecule has 1 fully saturated rings. The minimum atomic E-state index is -3.49. The quantitative estimate of drug-likeness (QED) is 0.653. The van der Waals surface area contributed by atoms with Crippen molar-refractivity contribution in [3.05, 3.63) is 62.5 Å². The highest BCUT2D eigenvalue weighted by Gasteiger charge is 2.30. The lowest BCUT2D eigenvalue weighted by Crippen LogP contribution is -2.48. The third-order valence-corrected chi connectivity index (χ3v) is 8.12. The fourth-order valence-corrected chi connectivity index (χ4v) is 6.10. The van der Waals surface area contributed by atoms with E-state index in [4.69, 9.17) is 0 Å². The van der Waals surface area contributed by atoms with Gasteiger partial charge in [-0.05, 0) is 46.1 Å². The first-order valence-electron chi connectivity index (χ1n) is 8.10. The number of sulfonamides is 1. The molecule has 1 heterocycles. The average Bonchev–Trinajstić information content (AvgIpc) is 2.59. The van der Waals surface area contributed by atoms with Gasteiger partial charge in [0.2, 0.25) is 10.0 Å². The molecular weight excluding hydrogens is 468 g/mol. The monoisotopic (exact) mass is 486 g/mol. The van der Waals surface area contributed by atoms with E-state index >= 15 is 0 Å². The van der Waals surface area contributed by atoms with Gasteiger partial charge < -0.3 is 0 Å². The predicted molar refractivity (Wildman–Crippen MR) is 107 cm³/mol. The minimum Gasteiger partial charge on any atom is -0.296 e. The number of piperazine rings is 1. The van der Waals surface area contributed by atoms with E-state index in [9.17, 15) is 8.42 Å². The van der Waals surface area contributed by atoms with Gasteiger partial charge >= 0.3 is 0 Å². The number of hydrogen-bond acceptors (Lipinski definition) is 3. The highest BCUT2D eigenvalue weighted by atomic mass is 79.9. The van der Waals surface area contributed by atoms with Crippen molar-refractivity contribution in [1.82, 2.24) is 9.21 Å². The molecule has 1 saturated heterocycles. The fraction of sp³-hybridized carbons (Fsp3) is 0.333. The molecule has 3 rings (SSSR count). The summed E-state index contributed by atoms with van der Waals surface area (Å²) in [5, 5.41) is 0. The molecule has 25 heavy (non-hydrogen) atoms. The van der Waals surface area contributed by atoms with Crippen LogP contribution in [0.2, 0.25) is 0 Å². The zero-order valence-corrected chi connectivity index (χ0v) is 17.9. The molecule has 0 radical (unpaired) electrons. The molecule has 0 aromatic heterocycles. The van der Waals surface area contributed by atoms with Crippen molar-refractivity contribution in [2.24, 2.45) is 0 Å². The van der Waals surface area contributed by atoms with Crippen molar-refractivity contribution in [2.45, 2.75) is 18.4 Å². The predicted octanol–water partition coefficient (Wildman–Crippen LogP) is 4.03. The summed E-state index contributed by atoms with van der Waals surface area (Å²) in [6.07, 6.45) is 0. The number of aryl methyl sites for hydroxylation is 1. The summed E-state index contributed by atoms with van der Waals surface area (Å²) in [7, 11) is -3.49. The van der Waals surface area contributed by atoms with Gasteiger partial charge in [0.25, 0.3) is 0 Å². The molecular formula is C18H20Br2N2O2S. The average molecular weight is 488 g/mol. The van der Waals surface area contributed by atoms with E-state index in [2.05, 4.69) is 48.9 Å². The molecule has 0 saturated carbocycles. The molecule has 0 aliphatic carbocycles. The molecule has 0 atom stereocenters. The van der Waals surface area contributed by atoms with Gasteiger partial charge in [-0.3, -0.25) is 4.90 Å². The van der Waals surface area contributed by atoms with Crippen LogP contribution < -0.4 is 0 Å². The van der Waals surface area contributed by atoms with E-state index in [0.717, 1.165) is 29.7 Å². The van der Waals surface area contributed by atoms with Crippen molar-refractivity contribution >= 4 is 41.9 Å². The van der Waals surface area contributed by atoms with E-state index in [0.29, 0.717) is 22.5 Å². The Morgan fingerprint density at radius 3 is 2.24 bits per heavy atom. The highest BCUT2D eigenvalue weighted by molar-refractivity contribution is 9.11. The van der Waals surface area contributed by atoms with Gasteiger partial charge in [-0.2, -0.15) is 4.31 Å². The zero-order valence-electron chi connectivity index (χ0n) is 14.0. The van der Waals surface area contributed by atoms with Crippen LogP contribution in [0.4, 0.5) is 0 Å². The van der Waals surface area contributed by atoms with Crippen LogP contribution in [0, 0.1) is 6.92 Å². The van der Waals surface area contributed by atoms with Crippen LogP contribution in [0.3, 0.4) is 0 Å². The Hall–Kier alpha value is -0.730. The largest absolute Gasteiger partial charge is 0.296 e. The van der Waals surface area contributed by atoms with Crippen molar-refractivity contribution in [2.75, 3.05) is 26.2 Å². The van der Waals surface area contributed by atoms with Crippen LogP contribution in [-0.4, -0.2) is 43.8 Å². The molecule has 2 aromatic carbocycles. The second-order valence-corrected chi connectivity index (χ2v) is 9.81. The van der Waals surface area contributed by atoms with Crippen LogP contribution in [0.25, 0.3) is 0 Å². The molecule has 0 spiro atoms. The van der Waals surface area contributed by atoms with Gasteiger partial charge in [-0.25, -0.2) is 8.42 Å². The summed E-state index contributed by atoms with van der Waals surface area (Å²) < 4.78 is 29.1. The second kappa shape index (κ2) is 7.88. The number of halogens is 2. The molecule has 4 nitrogen and oxygen atoms in total. The van der Waals surface area contributed by atoms with Crippen molar-refractivity contribution in [3.8, 4) is 0 Å². The normalized spacial score (nSPS) is 16.9. The summed E-state index contributed by atoms with van der Waals surface area (Å²) in [6.45, 7) is 5.25. The Balaban J connectivity index is 1.71. The topological polar surface area (TPSA) is 40.6 Å². The molecule has 1 aliphatic rings. The molecule has 2 aromatic rings. The van der Waals surface area contributed by atoms with E-state index in [1.54, 1.807) is 16.4 Å². The second-order valence-electron chi connectivity index (χ2n) is 6.20. The Kier molecular flexibility index (Phi) is 6.00. The van der Waals surface area contributed by atoms with E-state index < -0.39 is 10.0 Å². The van der Waals surface area contributed by atoms with Crippen LogP contribution >= 0.6 is 31.9 Å². The highest BCUT2D eigenvalue weighted by Crippen LogP contribution is 2.31. The molecule has 0 N–H and O–H groups in total. The summed E-state index contributed by atoms with van der Waals surface area (Å²) in [4.78, 5) is 2.63. The Bertz CT molecular complexity index is 849. The number of hydrogen-bond donors (Lipinski definition) is 0. The first-order valence-corrected chi connectivity index (χ1v) is 11.1. The third kappa shape index (κ3) is 4.34. The first-order chi connectivity index (χ1) is 11.9. The third-order valence-electron chi connectivity index (χ3n) is 4.41. The number of benzene rings is 2. The maximum Gasteiger partial charge on any atom is 0.244 e. The smallest absolute Gasteiger partial charge is 0.244 e. The van der Waals surface area contributed by atoms with Gasteiger partial charge in [0.05, 0.1) is 4.90 Å². The van der Waals surface area contributed by atoms with Gasteiger partial charge in [0.1, 0.15) is 0 Å². The fourth-order valence-electron chi connectivity index (χ4n) is 2.94. The minimum absolute atomic E-state index is 0.338. The van der Waals surface area contributed by atoms with Crippen molar-refractivity contribution in [1.29, 1.82) is 0 Å². The maximum absolute atomic E-state index is 13.0. The number of nitrogens with zero attached hydrogens (tertiary/aromatic N) is 2. The Labute approximate surface area is 166 Å². The van der Waals surface area contributed by atoms with Crippen LogP contribution in [0.15, 0.2) is 56.3 Å². The SMILES string of the molecule is Cc1cc(S(=O)(=O)N2CCN(Cc3ccccc3)CC2)c(Br)cc1Br. The summed E-state index contributed by atoms with van der Waals surface area (Å²) >= 11 is 6.83. The molecule has 134 valence electrons. The zero-order chi connectivity index (χ0) is 18.0. The lowest BCUT2D eigenvalue weighted by molar-refractivity contribution is 0.181. The van der Waals surface area contributed by atoms with Gasteiger partial charge in [-0.15, -0.1) is 0 Å². The molecule has 0 amide bonds. The van der Waals surface area contributed by atoms with Gasteiger partial charge in [0, 0.05) is 41.7 Å². The lowest BCUT2D eigenvalue weighted by atomic mass is 10.2. The first kappa shape index (κ1) is 19.0. The number of rotatable bonds is 4. The summed E-state index contributed by atoms with van der Waals surface area (Å²) in [6, 6.07) is 13.8. The van der Waals surface area contributed by atoms with Crippen LogP contribution in [-0.2, 0) is 16.6 Å². The van der Waals surface area contributed by atoms with Gasteiger partial charge in [-0.1, -0.05) is 46.3 Å². The van der Waals surface area contributed by atoms with Crippen LogP contribution in [0.5, 0.6) is 0 Å². The van der Waals surface area contributed by atoms with E-state index in [1.807, 2.05) is 25.1 Å². The Morgan fingerprint density at radius 1 is 0.960 bits per heavy atom. The molecule has 1 aliphatic heterocycles. The standard InChI is InChI=1S/C18H20Br2N2O2S/c1-14-11-18(17(20)12-16(14)19)25(23,24)22-9-7-21(8-10-22)13-15-5-3-2-4-6-15/h2-6,11-12H,7-10,13H2,1H3. The summed E-state index contributed by atoms with van der Waals surface area (Å²) in [5.41, 5.74) is 2.16. The van der Waals surface area contributed by atoms with E-state index in [1.165, 1.54) is 5.56 Å². The van der Waals surface area contributed by atoms with Crippen molar-refractivity contribution in [3.63, 3.8) is 0 Å². The van der Waals surface area contributed by atoms with Crippen LogP contribution in [0.1, 0.15) is 11.1 Å². The summed E-state index contributed by atoms with van der Waals surface area (Å²) in [5.74, 6) is 0. The molecule has 7 heteroatoms. The molecule has 0 unspecified atom stereocenters. The lowest BCUT2D eigenvalue weighted by Gasteiger charge is -2.34.